The lowest BCUT2D eigenvalue weighted by Gasteiger charge is -2.35. The third-order valence-corrected chi connectivity index (χ3v) is 5.18. The van der Waals surface area contributed by atoms with E-state index in [1.54, 1.807) is 30.6 Å². The Balaban J connectivity index is 1.61. The number of rotatable bonds is 5. The van der Waals surface area contributed by atoms with Crippen LogP contribution < -0.4 is 11.1 Å². The second-order valence-electron chi connectivity index (χ2n) is 7.28. The van der Waals surface area contributed by atoms with E-state index in [0.29, 0.717) is 11.4 Å². The van der Waals surface area contributed by atoms with Crippen molar-refractivity contribution in [2.45, 2.75) is 25.3 Å². The number of nitrogens with two attached hydrogens (primary N) is 1. The van der Waals surface area contributed by atoms with Gasteiger partial charge < -0.3 is 11.1 Å². The third kappa shape index (κ3) is 4.60. The van der Waals surface area contributed by atoms with Gasteiger partial charge >= 0.3 is 0 Å². The lowest BCUT2D eigenvalue weighted by molar-refractivity contribution is -0.118. The van der Waals surface area contributed by atoms with Crippen molar-refractivity contribution < 1.29 is 9.18 Å². The number of hydrogen-bond acceptors (Lipinski definition) is 6. The smallest absolute Gasteiger partial charge is 0.239 e. The zero-order chi connectivity index (χ0) is 20.9. The van der Waals surface area contributed by atoms with Gasteiger partial charge in [-0.05, 0) is 49.2 Å². The summed E-state index contributed by atoms with van der Waals surface area (Å²) in [5.41, 5.74) is 8.03. The first kappa shape index (κ1) is 19.9. The number of piperidine rings is 1. The topological polar surface area (TPSA) is 97.0 Å². The molecular weight excluding hydrogens is 383 g/mol. The molecule has 3 aromatic rings. The number of benzene rings is 1. The Kier molecular flexibility index (Phi) is 5.94. The zero-order valence-corrected chi connectivity index (χ0v) is 16.5. The van der Waals surface area contributed by atoms with Crippen molar-refractivity contribution in [3.8, 4) is 11.1 Å². The Hall–Kier alpha value is -3.39. The summed E-state index contributed by atoms with van der Waals surface area (Å²) in [7, 11) is 0. The molecule has 1 aromatic carbocycles. The minimum atomic E-state index is -0.328. The van der Waals surface area contributed by atoms with Gasteiger partial charge in [0.25, 0.3) is 0 Å². The molecule has 1 fully saturated rings. The van der Waals surface area contributed by atoms with Gasteiger partial charge in [0.2, 0.25) is 11.9 Å². The second-order valence-corrected chi connectivity index (χ2v) is 7.28. The molecule has 8 heteroatoms. The van der Waals surface area contributed by atoms with Gasteiger partial charge in [-0.25, -0.2) is 19.3 Å². The summed E-state index contributed by atoms with van der Waals surface area (Å²) in [6.45, 7) is 0.959. The molecule has 3 heterocycles. The van der Waals surface area contributed by atoms with E-state index in [4.69, 9.17) is 5.73 Å². The predicted octanol–water partition coefficient (Wildman–Crippen LogP) is 3.43. The van der Waals surface area contributed by atoms with E-state index in [1.807, 2.05) is 12.1 Å². The summed E-state index contributed by atoms with van der Waals surface area (Å²) in [5.74, 6) is 0.205. The fraction of sp³-hybridized carbons (Fsp3) is 0.273. The molecule has 1 amide bonds. The largest absolute Gasteiger partial charge is 0.368 e. The Morgan fingerprint density at radius 3 is 2.90 bits per heavy atom. The van der Waals surface area contributed by atoms with Crippen molar-refractivity contribution in [1.82, 2.24) is 19.9 Å². The van der Waals surface area contributed by atoms with E-state index >= 15 is 0 Å². The van der Waals surface area contributed by atoms with Gasteiger partial charge in [0.05, 0.1) is 18.3 Å². The summed E-state index contributed by atoms with van der Waals surface area (Å²) < 4.78 is 13.8. The molecule has 2 aromatic heterocycles. The molecule has 0 saturated carbocycles. The summed E-state index contributed by atoms with van der Waals surface area (Å²) in [4.78, 5) is 27.5. The SMILES string of the molecule is Nc1ncc(-c2cccc(F)c2)c([C@@H]2CCCCN2CC(=O)Nc2ccccn2)n1. The molecule has 0 radical (unpaired) electrons. The van der Waals surface area contributed by atoms with Crippen LogP contribution in [0.3, 0.4) is 0 Å². The highest BCUT2D eigenvalue weighted by atomic mass is 19.1. The predicted molar refractivity (Wildman–Crippen MR) is 113 cm³/mol. The van der Waals surface area contributed by atoms with Gasteiger partial charge in [-0.2, -0.15) is 0 Å². The van der Waals surface area contributed by atoms with E-state index < -0.39 is 0 Å². The normalized spacial score (nSPS) is 16.9. The maximum absolute atomic E-state index is 13.8. The summed E-state index contributed by atoms with van der Waals surface area (Å²) in [6.07, 6.45) is 6.09. The molecule has 0 aliphatic carbocycles. The molecule has 4 rings (SSSR count). The number of carbonyl (C=O) groups is 1. The number of nitrogens with one attached hydrogen (secondary N) is 1. The lowest BCUT2D eigenvalue weighted by Crippen LogP contribution is -2.40. The van der Waals surface area contributed by atoms with Gasteiger partial charge in [-0.3, -0.25) is 9.69 Å². The minimum absolute atomic E-state index is 0.114. The second kappa shape index (κ2) is 8.96. The summed E-state index contributed by atoms with van der Waals surface area (Å²) >= 11 is 0. The fourth-order valence-electron chi connectivity index (χ4n) is 3.84. The molecule has 0 unspecified atom stereocenters. The van der Waals surface area contributed by atoms with Crippen LogP contribution in [0, 0.1) is 5.82 Å². The molecule has 1 aliphatic rings. The van der Waals surface area contributed by atoms with Crippen molar-refractivity contribution >= 4 is 17.7 Å². The molecule has 0 bridgehead atoms. The van der Waals surface area contributed by atoms with Crippen LogP contribution in [0.1, 0.15) is 31.0 Å². The van der Waals surface area contributed by atoms with E-state index in [1.165, 1.54) is 12.1 Å². The lowest BCUT2D eigenvalue weighted by atomic mass is 9.93. The van der Waals surface area contributed by atoms with E-state index in [9.17, 15) is 9.18 Å². The van der Waals surface area contributed by atoms with Crippen molar-refractivity contribution in [2.75, 3.05) is 24.1 Å². The molecule has 3 N–H and O–H groups in total. The summed E-state index contributed by atoms with van der Waals surface area (Å²) in [5, 5.41) is 2.83. The van der Waals surface area contributed by atoms with E-state index in [0.717, 1.165) is 37.1 Å². The summed E-state index contributed by atoms with van der Waals surface area (Å²) in [6, 6.07) is 11.6. The molecule has 30 heavy (non-hydrogen) atoms. The first-order valence-corrected chi connectivity index (χ1v) is 9.93. The highest BCUT2D eigenvalue weighted by Gasteiger charge is 2.29. The molecule has 7 nitrogen and oxygen atoms in total. The average molecular weight is 406 g/mol. The number of nitrogens with zero attached hydrogens (tertiary/aromatic N) is 4. The van der Waals surface area contributed by atoms with Gasteiger partial charge in [-0.15, -0.1) is 0 Å². The highest BCUT2D eigenvalue weighted by molar-refractivity contribution is 5.91. The molecule has 1 atom stereocenters. The number of amides is 1. The number of likely N-dealkylation sites (tertiary alicyclic amines) is 1. The maximum atomic E-state index is 13.8. The number of halogens is 1. The van der Waals surface area contributed by atoms with Crippen LogP contribution in [0.15, 0.2) is 54.9 Å². The van der Waals surface area contributed by atoms with Crippen LogP contribution in [0.5, 0.6) is 0 Å². The Bertz CT molecular complexity index is 1030. The van der Waals surface area contributed by atoms with Crippen molar-refractivity contribution in [3.05, 3.63) is 66.4 Å². The van der Waals surface area contributed by atoms with Crippen molar-refractivity contribution in [1.29, 1.82) is 0 Å². The van der Waals surface area contributed by atoms with E-state index in [-0.39, 0.29) is 30.3 Å². The first-order valence-electron chi connectivity index (χ1n) is 9.93. The van der Waals surface area contributed by atoms with Crippen LogP contribution in [-0.4, -0.2) is 38.8 Å². The number of aromatic nitrogens is 3. The fourth-order valence-corrected chi connectivity index (χ4v) is 3.84. The first-order chi connectivity index (χ1) is 14.6. The highest BCUT2D eigenvalue weighted by Crippen LogP contribution is 2.35. The van der Waals surface area contributed by atoms with Gasteiger partial charge in [-0.1, -0.05) is 24.6 Å². The molecule has 154 valence electrons. The van der Waals surface area contributed by atoms with Crippen LogP contribution >= 0.6 is 0 Å². The number of carbonyl (C=O) groups excluding carboxylic acids is 1. The van der Waals surface area contributed by atoms with Crippen LogP contribution in [-0.2, 0) is 4.79 Å². The van der Waals surface area contributed by atoms with Crippen LogP contribution in [0.25, 0.3) is 11.1 Å². The third-order valence-electron chi connectivity index (χ3n) is 5.18. The molecule has 0 spiro atoms. The molecular formula is C22H23FN6O. The Morgan fingerprint density at radius 1 is 1.20 bits per heavy atom. The Labute approximate surface area is 174 Å². The molecule has 1 aliphatic heterocycles. The standard InChI is InChI=1S/C22H23FN6O/c23-16-7-5-6-15(12-16)17-13-26-22(24)28-21(17)18-8-2-4-11-29(18)14-20(30)27-19-9-1-3-10-25-19/h1,3,5-7,9-10,12-13,18H,2,4,8,11,14H2,(H2,24,26,28)(H,25,27,30)/t18-/m0/s1. The van der Waals surface area contributed by atoms with Gasteiger partial charge in [0, 0.05) is 18.0 Å². The monoisotopic (exact) mass is 406 g/mol. The minimum Gasteiger partial charge on any atom is -0.368 e. The number of nitrogen functional groups attached to an aromatic ring is 1. The Morgan fingerprint density at radius 2 is 2.10 bits per heavy atom. The number of anilines is 2. The van der Waals surface area contributed by atoms with E-state index in [2.05, 4.69) is 25.2 Å². The average Bonchev–Trinajstić information content (AvgIpc) is 2.75. The van der Waals surface area contributed by atoms with Crippen LogP contribution in [0.4, 0.5) is 16.2 Å². The van der Waals surface area contributed by atoms with Crippen molar-refractivity contribution in [2.24, 2.45) is 0 Å². The van der Waals surface area contributed by atoms with Crippen LogP contribution in [0.2, 0.25) is 0 Å². The maximum Gasteiger partial charge on any atom is 0.239 e. The number of hydrogen-bond donors (Lipinski definition) is 2. The molecule has 1 saturated heterocycles. The zero-order valence-electron chi connectivity index (χ0n) is 16.5. The van der Waals surface area contributed by atoms with Gasteiger partial charge in [0.15, 0.2) is 0 Å². The van der Waals surface area contributed by atoms with Crippen molar-refractivity contribution in [3.63, 3.8) is 0 Å². The number of pyridine rings is 1. The quantitative estimate of drug-likeness (QED) is 0.674. The van der Waals surface area contributed by atoms with Gasteiger partial charge in [0.1, 0.15) is 11.6 Å².